The van der Waals surface area contributed by atoms with Gasteiger partial charge in [-0.3, -0.25) is 9.69 Å². The first-order valence-corrected chi connectivity index (χ1v) is 8.34. The number of likely N-dealkylation sites (tertiary alicyclic amines) is 1. The molecule has 0 atom stereocenters. The van der Waals surface area contributed by atoms with Crippen molar-refractivity contribution in [3.05, 3.63) is 33.8 Å². The lowest BCUT2D eigenvalue weighted by Gasteiger charge is -2.32. The summed E-state index contributed by atoms with van der Waals surface area (Å²) in [6, 6.07) is 6.16. The van der Waals surface area contributed by atoms with E-state index in [0.717, 1.165) is 45.3 Å². The third-order valence-electron chi connectivity index (χ3n) is 4.27. The van der Waals surface area contributed by atoms with Gasteiger partial charge in [0.05, 0.1) is 10.0 Å². The first-order chi connectivity index (χ1) is 10.1. The summed E-state index contributed by atoms with van der Waals surface area (Å²) in [5, 5.41) is 4.39. The summed E-state index contributed by atoms with van der Waals surface area (Å²) in [5.74, 6) is 0.567. The predicted molar refractivity (Wildman–Crippen MR) is 85.6 cm³/mol. The summed E-state index contributed by atoms with van der Waals surface area (Å²) < 4.78 is 0. The number of hydrogen-bond acceptors (Lipinski definition) is 2. The standard InChI is InChI=1S/C16H20Cl2N2O/c17-14-4-1-11(9-15(14)18)10-20-7-5-13(6-8-20)19-16(21)12-2-3-12/h1,4,9,12-13H,2-3,5-8,10H2,(H,19,21). The molecular formula is C16H20Cl2N2O. The lowest BCUT2D eigenvalue weighted by Crippen LogP contribution is -2.44. The lowest BCUT2D eigenvalue weighted by atomic mass is 10.0. The summed E-state index contributed by atoms with van der Waals surface area (Å²) in [5.41, 5.74) is 1.19. The average molecular weight is 327 g/mol. The number of nitrogens with one attached hydrogen (secondary N) is 1. The molecule has 1 aliphatic heterocycles. The molecule has 0 aromatic heterocycles. The zero-order chi connectivity index (χ0) is 14.8. The van der Waals surface area contributed by atoms with Crippen LogP contribution in [0.5, 0.6) is 0 Å². The van der Waals surface area contributed by atoms with Gasteiger partial charge < -0.3 is 5.32 Å². The minimum Gasteiger partial charge on any atom is -0.353 e. The molecule has 5 heteroatoms. The van der Waals surface area contributed by atoms with Gasteiger partial charge in [0, 0.05) is 31.6 Å². The number of carbonyl (C=O) groups is 1. The molecule has 114 valence electrons. The van der Waals surface area contributed by atoms with Crippen LogP contribution in [0.4, 0.5) is 0 Å². The average Bonchev–Trinajstić information content (AvgIpc) is 3.30. The van der Waals surface area contributed by atoms with Gasteiger partial charge in [0.25, 0.3) is 0 Å². The van der Waals surface area contributed by atoms with Gasteiger partial charge in [-0.15, -0.1) is 0 Å². The van der Waals surface area contributed by atoms with E-state index >= 15 is 0 Å². The smallest absolute Gasteiger partial charge is 0.223 e. The molecule has 1 heterocycles. The van der Waals surface area contributed by atoms with Crippen LogP contribution in [0.3, 0.4) is 0 Å². The van der Waals surface area contributed by atoms with Crippen molar-refractivity contribution in [1.29, 1.82) is 0 Å². The maximum absolute atomic E-state index is 11.8. The molecule has 2 fully saturated rings. The van der Waals surface area contributed by atoms with Gasteiger partial charge in [-0.05, 0) is 43.4 Å². The quantitative estimate of drug-likeness (QED) is 0.918. The highest BCUT2D eigenvalue weighted by Crippen LogP contribution is 2.29. The molecule has 1 aromatic carbocycles. The maximum Gasteiger partial charge on any atom is 0.223 e. The second-order valence-corrected chi connectivity index (χ2v) is 6.90. The van der Waals surface area contributed by atoms with E-state index in [0.29, 0.717) is 22.0 Å². The zero-order valence-electron chi connectivity index (χ0n) is 11.9. The van der Waals surface area contributed by atoms with Crippen LogP contribution < -0.4 is 5.32 Å². The van der Waals surface area contributed by atoms with Crippen LogP contribution in [0, 0.1) is 5.92 Å². The Balaban J connectivity index is 1.46. The van der Waals surface area contributed by atoms with Crippen LogP contribution in [0.2, 0.25) is 10.0 Å². The molecular weight excluding hydrogens is 307 g/mol. The number of halogens is 2. The van der Waals surface area contributed by atoms with Crippen molar-refractivity contribution < 1.29 is 4.79 Å². The van der Waals surface area contributed by atoms with Gasteiger partial charge in [0.1, 0.15) is 0 Å². The zero-order valence-corrected chi connectivity index (χ0v) is 13.5. The Morgan fingerprint density at radius 3 is 2.48 bits per heavy atom. The molecule has 21 heavy (non-hydrogen) atoms. The van der Waals surface area contributed by atoms with Crippen LogP contribution in [0.25, 0.3) is 0 Å². The van der Waals surface area contributed by atoms with Gasteiger partial charge in [-0.1, -0.05) is 29.3 Å². The summed E-state index contributed by atoms with van der Waals surface area (Å²) >= 11 is 12.0. The first-order valence-electron chi connectivity index (χ1n) is 7.58. The number of rotatable bonds is 4. The molecule has 0 unspecified atom stereocenters. The second kappa shape index (κ2) is 6.55. The molecule has 0 radical (unpaired) electrons. The van der Waals surface area contributed by atoms with Crippen molar-refractivity contribution in [1.82, 2.24) is 10.2 Å². The highest BCUT2D eigenvalue weighted by Gasteiger charge is 2.31. The fourth-order valence-corrected chi connectivity index (χ4v) is 3.12. The Labute approximate surface area is 135 Å². The van der Waals surface area contributed by atoms with Gasteiger partial charge in [-0.25, -0.2) is 0 Å². The molecule has 0 spiro atoms. The maximum atomic E-state index is 11.8. The van der Waals surface area contributed by atoms with Crippen LogP contribution in [0.15, 0.2) is 18.2 Å². The van der Waals surface area contributed by atoms with Crippen molar-refractivity contribution in [2.45, 2.75) is 38.3 Å². The topological polar surface area (TPSA) is 32.3 Å². The van der Waals surface area contributed by atoms with E-state index in [2.05, 4.69) is 10.2 Å². The monoisotopic (exact) mass is 326 g/mol. The van der Waals surface area contributed by atoms with E-state index in [-0.39, 0.29) is 5.91 Å². The van der Waals surface area contributed by atoms with Crippen molar-refractivity contribution in [2.24, 2.45) is 5.92 Å². The van der Waals surface area contributed by atoms with E-state index in [1.165, 1.54) is 5.56 Å². The van der Waals surface area contributed by atoms with Gasteiger partial charge in [0.15, 0.2) is 0 Å². The third-order valence-corrected chi connectivity index (χ3v) is 5.01. The lowest BCUT2D eigenvalue weighted by molar-refractivity contribution is -0.123. The van der Waals surface area contributed by atoms with Crippen LogP contribution in [0.1, 0.15) is 31.2 Å². The number of hydrogen-bond donors (Lipinski definition) is 1. The van der Waals surface area contributed by atoms with Crippen LogP contribution in [-0.4, -0.2) is 29.9 Å². The van der Waals surface area contributed by atoms with E-state index in [1.807, 2.05) is 18.2 Å². The first kappa shape index (κ1) is 15.1. The Morgan fingerprint density at radius 1 is 1.14 bits per heavy atom. The molecule has 3 rings (SSSR count). The van der Waals surface area contributed by atoms with Crippen molar-refractivity contribution >= 4 is 29.1 Å². The summed E-state index contributed by atoms with van der Waals surface area (Å²) in [6.07, 6.45) is 4.20. The second-order valence-electron chi connectivity index (χ2n) is 6.08. The molecule has 1 saturated carbocycles. The molecule has 1 aromatic rings. The fourth-order valence-electron chi connectivity index (χ4n) is 2.80. The van der Waals surface area contributed by atoms with Crippen LogP contribution >= 0.6 is 23.2 Å². The van der Waals surface area contributed by atoms with E-state index < -0.39 is 0 Å². The highest BCUT2D eigenvalue weighted by molar-refractivity contribution is 6.42. The number of nitrogens with zero attached hydrogens (tertiary/aromatic N) is 1. The van der Waals surface area contributed by atoms with Crippen molar-refractivity contribution in [3.8, 4) is 0 Å². The number of amides is 1. The SMILES string of the molecule is O=C(NC1CCN(Cc2ccc(Cl)c(Cl)c2)CC1)C1CC1. The predicted octanol–water partition coefficient (Wildman–Crippen LogP) is 3.48. The Bertz CT molecular complexity index is 523. The Hall–Kier alpha value is -0.770. The van der Waals surface area contributed by atoms with Crippen LogP contribution in [-0.2, 0) is 11.3 Å². The normalized spacial score (nSPS) is 20.5. The Kier molecular flexibility index (Phi) is 4.72. The minimum atomic E-state index is 0.262. The number of carbonyl (C=O) groups excluding carboxylic acids is 1. The molecule has 1 saturated heterocycles. The highest BCUT2D eigenvalue weighted by atomic mass is 35.5. The van der Waals surface area contributed by atoms with Crippen molar-refractivity contribution in [3.63, 3.8) is 0 Å². The molecule has 1 aliphatic carbocycles. The largest absolute Gasteiger partial charge is 0.353 e. The molecule has 0 bridgehead atoms. The van der Waals surface area contributed by atoms with Crippen molar-refractivity contribution in [2.75, 3.05) is 13.1 Å². The molecule has 3 nitrogen and oxygen atoms in total. The summed E-state index contributed by atoms with van der Waals surface area (Å²) in [7, 11) is 0. The van der Waals surface area contributed by atoms with Gasteiger partial charge in [-0.2, -0.15) is 0 Å². The van der Waals surface area contributed by atoms with E-state index in [9.17, 15) is 4.79 Å². The number of benzene rings is 1. The third kappa shape index (κ3) is 4.12. The Morgan fingerprint density at radius 2 is 1.86 bits per heavy atom. The van der Waals surface area contributed by atoms with Gasteiger partial charge in [0.2, 0.25) is 5.91 Å². The molecule has 1 N–H and O–H groups in total. The molecule has 2 aliphatic rings. The van der Waals surface area contributed by atoms with E-state index in [1.54, 1.807) is 0 Å². The summed E-state index contributed by atoms with van der Waals surface area (Å²) in [6.45, 7) is 2.91. The number of piperidine rings is 1. The summed E-state index contributed by atoms with van der Waals surface area (Å²) in [4.78, 5) is 14.2. The fraction of sp³-hybridized carbons (Fsp3) is 0.562. The minimum absolute atomic E-state index is 0.262. The van der Waals surface area contributed by atoms with E-state index in [4.69, 9.17) is 23.2 Å². The van der Waals surface area contributed by atoms with Gasteiger partial charge >= 0.3 is 0 Å². The molecule has 1 amide bonds.